The van der Waals surface area contributed by atoms with E-state index in [4.69, 9.17) is 4.74 Å². The number of hydrogen-bond donors (Lipinski definition) is 2. The van der Waals surface area contributed by atoms with Crippen LogP contribution in [0.3, 0.4) is 0 Å². The molecule has 7 nitrogen and oxygen atoms in total. The minimum Gasteiger partial charge on any atom is -0.452 e. The van der Waals surface area contributed by atoms with Gasteiger partial charge in [0.15, 0.2) is 6.61 Å². The van der Waals surface area contributed by atoms with Crippen molar-refractivity contribution in [3.63, 3.8) is 0 Å². The smallest absolute Gasteiger partial charge is 0.338 e. The van der Waals surface area contributed by atoms with Crippen molar-refractivity contribution in [2.75, 3.05) is 13.7 Å². The van der Waals surface area contributed by atoms with Gasteiger partial charge in [-0.05, 0) is 43.1 Å². The zero-order valence-electron chi connectivity index (χ0n) is 16.7. The van der Waals surface area contributed by atoms with E-state index in [1.54, 1.807) is 0 Å². The van der Waals surface area contributed by atoms with Crippen molar-refractivity contribution < 1.29 is 22.7 Å². The third-order valence-corrected chi connectivity index (χ3v) is 5.64. The van der Waals surface area contributed by atoms with Crippen molar-refractivity contribution >= 4 is 21.9 Å². The number of sulfonamides is 1. The van der Waals surface area contributed by atoms with Crippen molar-refractivity contribution in [1.29, 1.82) is 0 Å². The predicted octanol–water partition coefficient (Wildman–Crippen LogP) is 2.66. The number of carbonyl (C=O) groups is 2. The maximum Gasteiger partial charge on any atom is 0.338 e. The summed E-state index contributed by atoms with van der Waals surface area (Å²) >= 11 is 0. The topological polar surface area (TPSA) is 102 Å². The van der Waals surface area contributed by atoms with Gasteiger partial charge in [0.25, 0.3) is 5.91 Å². The Morgan fingerprint density at radius 2 is 1.72 bits per heavy atom. The fraction of sp³-hybridized carbons (Fsp3) is 0.333. The van der Waals surface area contributed by atoms with E-state index in [9.17, 15) is 18.0 Å². The Labute approximate surface area is 171 Å². The molecule has 0 aliphatic rings. The Kier molecular flexibility index (Phi) is 7.92. The van der Waals surface area contributed by atoms with Crippen LogP contribution in [-0.4, -0.2) is 33.9 Å². The van der Waals surface area contributed by atoms with E-state index in [0.717, 1.165) is 12.0 Å². The molecular weight excluding hydrogens is 392 g/mol. The van der Waals surface area contributed by atoms with Crippen LogP contribution in [0.2, 0.25) is 0 Å². The first-order valence-corrected chi connectivity index (χ1v) is 10.8. The minimum atomic E-state index is -3.68. The summed E-state index contributed by atoms with van der Waals surface area (Å²) in [5, 5.41) is 2.89. The Morgan fingerprint density at radius 3 is 2.34 bits per heavy atom. The molecule has 2 aromatic rings. The van der Waals surface area contributed by atoms with Gasteiger partial charge in [-0.1, -0.05) is 50.2 Å². The van der Waals surface area contributed by atoms with Gasteiger partial charge in [-0.15, -0.1) is 0 Å². The van der Waals surface area contributed by atoms with E-state index in [0.29, 0.717) is 5.92 Å². The molecule has 0 radical (unpaired) electrons. The van der Waals surface area contributed by atoms with Crippen molar-refractivity contribution in [3.8, 4) is 0 Å². The number of amides is 1. The summed E-state index contributed by atoms with van der Waals surface area (Å²) in [6.07, 6.45) is 0.744. The summed E-state index contributed by atoms with van der Waals surface area (Å²) in [5.74, 6) is -0.833. The number of carbonyl (C=O) groups excluding carboxylic acids is 2. The molecule has 0 spiro atoms. The van der Waals surface area contributed by atoms with E-state index >= 15 is 0 Å². The van der Waals surface area contributed by atoms with E-state index in [2.05, 4.69) is 23.9 Å². The third kappa shape index (κ3) is 6.69. The molecular formula is C21H26N2O5S. The molecule has 156 valence electrons. The highest BCUT2D eigenvalue weighted by atomic mass is 32.2. The normalized spacial score (nSPS) is 12.4. The summed E-state index contributed by atoms with van der Waals surface area (Å²) in [7, 11) is -2.40. The number of ether oxygens (including phenoxy) is 1. The van der Waals surface area contributed by atoms with Crippen LogP contribution in [0, 0.1) is 5.92 Å². The first-order valence-electron chi connectivity index (χ1n) is 9.28. The maximum atomic E-state index is 12.3. The molecule has 0 aliphatic heterocycles. The average molecular weight is 419 g/mol. The molecule has 2 rings (SSSR count). The van der Waals surface area contributed by atoms with Gasteiger partial charge in [-0.3, -0.25) is 4.79 Å². The first kappa shape index (κ1) is 22.6. The van der Waals surface area contributed by atoms with E-state index < -0.39 is 28.5 Å². The zero-order chi connectivity index (χ0) is 21.4. The van der Waals surface area contributed by atoms with Crippen LogP contribution in [0.15, 0.2) is 59.5 Å². The lowest BCUT2D eigenvalue weighted by molar-refractivity contribution is -0.125. The molecule has 0 aromatic heterocycles. The van der Waals surface area contributed by atoms with Crippen LogP contribution in [-0.2, 0) is 19.6 Å². The summed E-state index contributed by atoms with van der Waals surface area (Å²) in [5.41, 5.74) is 1.03. The molecule has 0 saturated heterocycles. The second kappa shape index (κ2) is 10.2. The highest BCUT2D eigenvalue weighted by molar-refractivity contribution is 7.89. The molecule has 2 N–H and O–H groups in total. The highest BCUT2D eigenvalue weighted by Gasteiger charge is 2.19. The van der Waals surface area contributed by atoms with Crippen LogP contribution >= 0.6 is 0 Å². The summed E-state index contributed by atoms with van der Waals surface area (Å²) in [6.45, 7) is 3.67. The van der Waals surface area contributed by atoms with Gasteiger partial charge >= 0.3 is 5.97 Å². The van der Waals surface area contributed by atoms with Gasteiger partial charge < -0.3 is 10.1 Å². The quantitative estimate of drug-likeness (QED) is 0.610. The van der Waals surface area contributed by atoms with Gasteiger partial charge in [-0.2, -0.15) is 0 Å². The Hall–Kier alpha value is -2.71. The molecule has 29 heavy (non-hydrogen) atoms. The minimum absolute atomic E-state index is 0.0518. The van der Waals surface area contributed by atoms with Gasteiger partial charge in [-0.25, -0.2) is 17.9 Å². The molecule has 0 saturated carbocycles. The van der Waals surface area contributed by atoms with E-state index in [-0.39, 0.29) is 16.5 Å². The molecule has 1 atom stereocenters. The monoisotopic (exact) mass is 418 g/mol. The number of nitrogens with one attached hydrogen (secondary N) is 2. The summed E-state index contributed by atoms with van der Waals surface area (Å²) < 4.78 is 31.0. The first-order chi connectivity index (χ1) is 13.7. The molecule has 0 heterocycles. The number of esters is 1. The lowest BCUT2D eigenvalue weighted by Gasteiger charge is -2.21. The SMILES string of the molecule is CNS(=O)(=O)c1cccc(C(=O)OCC(=O)N[C@H](CC(C)C)c2ccccc2)c1. The van der Waals surface area contributed by atoms with E-state index in [1.807, 2.05) is 30.3 Å². The Bertz CT molecular complexity index is 943. The zero-order valence-corrected chi connectivity index (χ0v) is 17.5. The lowest BCUT2D eigenvalue weighted by Crippen LogP contribution is -2.33. The van der Waals surface area contributed by atoms with Crippen molar-refractivity contribution in [2.45, 2.75) is 31.2 Å². The molecule has 0 fully saturated rings. The highest BCUT2D eigenvalue weighted by Crippen LogP contribution is 2.21. The fourth-order valence-electron chi connectivity index (χ4n) is 2.79. The second-order valence-corrected chi connectivity index (χ2v) is 8.86. The Morgan fingerprint density at radius 1 is 1.03 bits per heavy atom. The van der Waals surface area contributed by atoms with Crippen molar-refractivity contribution in [1.82, 2.24) is 10.0 Å². The predicted molar refractivity (Wildman–Crippen MR) is 110 cm³/mol. The van der Waals surface area contributed by atoms with Gasteiger partial charge in [0, 0.05) is 0 Å². The number of benzene rings is 2. The lowest BCUT2D eigenvalue weighted by atomic mass is 9.97. The fourth-order valence-corrected chi connectivity index (χ4v) is 3.57. The summed E-state index contributed by atoms with van der Waals surface area (Å²) in [6, 6.07) is 14.8. The van der Waals surface area contributed by atoms with Gasteiger partial charge in [0.05, 0.1) is 16.5 Å². The van der Waals surface area contributed by atoms with Crippen LogP contribution in [0.25, 0.3) is 0 Å². The third-order valence-electron chi connectivity index (χ3n) is 4.23. The van der Waals surface area contributed by atoms with Gasteiger partial charge in [0.2, 0.25) is 10.0 Å². The molecule has 0 bridgehead atoms. The van der Waals surface area contributed by atoms with Crippen LogP contribution in [0.4, 0.5) is 0 Å². The van der Waals surface area contributed by atoms with E-state index in [1.165, 1.54) is 31.3 Å². The van der Waals surface area contributed by atoms with Crippen LogP contribution < -0.4 is 10.0 Å². The number of hydrogen-bond acceptors (Lipinski definition) is 5. The molecule has 1 amide bonds. The van der Waals surface area contributed by atoms with Crippen molar-refractivity contribution in [3.05, 3.63) is 65.7 Å². The average Bonchev–Trinajstić information content (AvgIpc) is 2.72. The molecule has 2 aromatic carbocycles. The standard InChI is InChI=1S/C21H26N2O5S/c1-15(2)12-19(16-8-5-4-6-9-16)23-20(24)14-28-21(25)17-10-7-11-18(13-17)29(26,27)22-3/h4-11,13,15,19,22H,12,14H2,1-3H3,(H,23,24)/t19-/m1/s1. The largest absolute Gasteiger partial charge is 0.452 e. The van der Waals surface area contributed by atoms with Crippen LogP contribution in [0.1, 0.15) is 42.2 Å². The maximum absolute atomic E-state index is 12.3. The van der Waals surface area contributed by atoms with Gasteiger partial charge in [0.1, 0.15) is 0 Å². The molecule has 0 unspecified atom stereocenters. The second-order valence-electron chi connectivity index (χ2n) is 6.97. The van der Waals surface area contributed by atoms with Crippen LogP contribution in [0.5, 0.6) is 0 Å². The number of rotatable bonds is 9. The molecule has 0 aliphatic carbocycles. The summed E-state index contributed by atoms with van der Waals surface area (Å²) in [4.78, 5) is 24.5. The van der Waals surface area contributed by atoms with Crippen molar-refractivity contribution in [2.24, 2.45) is 5.92 Å². The Balaban J connectivity index is 2.00. The molecule has 8 heteroatoms.